The van der Waals surface area contributed by atoms with Crippen molar-refractivity contribution in [3.63, 3.8) is 0 Å². The summed E-state index contributed by atoms with van der Waals surface area (Å²) in [7, 11) is 0. The van der Waals surface area contributed by atoms with Crippen LogP contribution >= 0.6 is 12.2 Å². The Morgan fingerprint density at radius 3 is 2.82 bits per heavy atom. The second kappa shape index (κ2) is 5.21. The van der Waals surface area contributed by atoms with E-state index in [9.17, 15) is 0 Å². The SMILES string of the molecule is CC1(C)CCC(CN2CCCC(C(N)=S)C2)O1. The van der Waals surface area contributed by atoms with Gasteiger partial charge < -0.3 is 15.4 Å². The Labute approximate surface area is 110 Å². The summed E-state index contributed by atoms with van der Waals surface area (Å²) < 4.78 is 6.04. The van der Waals surface area contributed by atoms with Crippen molar-refractivity contribution in [2.45, 2.75) is 51.2 Å². The van der Waals surface area contributed by atoms with Gasteiger partial charge in [-0.25, -0.2) is 0 Å². The molecule has 2 heterocycles. The molecule has 2 saturated heterocycles. The summed E-state index contributed by atoms with van der Waals surface area (Å²) in [6, 6.07) is 0. The van der Waals surface area contributed by atoms with Gasteiger partial charge in [0.05, 0.1) is 16.7 Å². The maximum absolute atomic E-state index is 6.04. The molecule has 2 fully saturated rings. The minimum Gasteiger partial charge on any atom is -0.393 e. The molecule has 0 spiro atoms. The van der Waals surface area contributed by atoms with E-state index in [1.54, 1.807) is 0 Å². The fourth-order valence-corrected chi connectivity index (χ4v) is 3.14. The molecule has 4 heteroatoms. The van der Waals surface area contributed by atoms with Crippen LogP contribution in [-0.4, -0.2) is 41.2 Å². The average molecular weight is 256 g/mol. The lowest BCUT2D eigenvalue weighted by atomic mass is 9.97. The maximum Gasteiger partial charge on any atom is 0.0771 e. The van der Waals surface area contributed by atoms with E-state index >= 15 is 0 Å². The van der Waals surface area contributed by atoms with E-state index in [2.05, 4.69) is 18.7 Å². The predicted octanol–water partition coefficient (Wildman–Crippen LogP) is 1.94. The molecular formula is C13H24N2OS. The molecule has 0 saturated carbocycles. The van der Waals surface area contributed by atoms with Gasteiger partial charge in [0.2, 0.25) is 0 Å². The Bertz CT molecular complexity index is 293. The molecule has 2 N–H and O–H groups in total. The number of likely N-dealkylation sites (tertiary alicyclic amines) is 1. The molecule has 0 aromatic heterocycles. The first-order valence-electron chi connectivity index (χ1n) is 6.66. The predicted molar refractivity (Wildman–Crippen MR) is 74.1 cm³/mol. The third kappa shape index (κ3) is 3.63. The van der Waals surface area contributed by atoms with Crippen LogP contribution in [0.2, 0.25) is 0 Å². The van der Waals surface area contributed by atoms with Gasteiger partial charge in [-0.2, -0.15) is 0 Å². The quantitative estimate of drug-likeness (QED) is 0.783. The minimum absolute atomic E-state index is 0.0724. The van der Waals surface area contributed by atoms with Gasteiger partial charge in [-0.05, 0) is 46.1 Å². The average Bonchev–Trinajstić information content (AvgIpc) is 2.58. The van der Waals surface area contributed by atoms with Crippen LogP contribution < -0.4 is 5.73 Å². The van der Waals surface area contributed by atoms with E-state index in [4.69, 9.17) is 22.7 Å². The van der Waals surface area contributed by atoms with Crippen LogP contribution in [0.3, 0.4) is 0 Å². The molecule has 2 unspecified atom stereocenters. The van der Waals surface area contributed by atoms with Crippen molar-refractivity contribution in [1.82, 2.24) is 4.90 Å². The number of rotatable bonds is 3. The summed E-state index contributed by atoms with van der Waals surface area (Å²) in [5, 5.41) is 0. The molecule has 2 rings (SSSR count). The van der Waals surface area contributed by atoms with Gasteiger partial charge in [0.1, 0.15) is 0 Å². The monoisotopic (exact) mass is 256 g/mol. The molecule has 2 aliphatic heterocycles. The number of piperidine rings is 1. The van der Waals surface area contributed by atoms with Gasteiger partial charge in [-0.15, -0.1) is 0 Å². The van der Waals surface area contributed by atoms with Crippen molar-refractivity contribution in [2.24, 2.45) is 11.7 Å². The highest BCUT2D eigenvalue weighted by Crippen LogP contribution is 2.30. The summed E-state index contributed by atoms with van der Waals surface area (Å²) in [4.78, 5) is 3.15. The van der Waals surface area contributed by atoms with Gasteiger partial charge in [0.25, 0.3) is 0 Å². The van der Waals surface area contributed by atoms with Crippen LogP contribution in [-0.2, 0) is 4.74 Å². The molecule has 0 aromatic rings. The van der Waals surface area contributed by atoms with E-state index < -0.39 is 0 Å². The Hall–Kier alpha value is -0.190. The van der Waals surface area contributed by atoms with Gasteiger partial charge in [0, 0.05) is 19.0 Å². The molecule has 0 amide bonds. The lowest BCUT2D eigenvalue weighted by molar-refractivity contribution is -0.0315. The van der Waals surface area contributed by atoms with Crippen LogP contribution in [0.4, 0.5) is 0 Å². The number of thiocarbonyl (C=S) groups is 1. The highest BCUT2D eigenvalue weighted by Gasteiger charge is 2.33. The minimum atomic E-state index is 0.0724. The molecule has 2 atom stereocenters. The summed E-state index contributed by atoms with van der Waals surface area (Å²) >= 11 is 5.11. The zero-order valence-electron chi connectivity index (χ0n) is 10.9. The Kier molecular flexibility index (Phi) is 4.06. The Morgan fingerprint density at radius 2 is 2.24 bits per heavy atom. The van der Waals surface area contributed by atoms with Gasteiger partial charge in [0.15, 0.2) is 0 Å². The van der Waals surface area contributed by atoms with Crippen molar-refractivity contribution >= 4 is 17.2 Å². The molecule has 17 heavy (non-hydrogen) atoms. The molecule has 0 bridgehead atoms. The van der Waals surface area contributed by atoms with Crippen molar-refractivity contribution in [3.05, 3.63) is 0 Å². The second-order valence-electron chi connectivity index (χ2n) is 6.04. The number of hydrogen-bond donors (Lipinski definition) is 1. The standard InChI is InChI=1S/C13H24N2OS/c1-13(2)6-5-11(16-13)9-15-7-3-4-10(8-15)12(14)17/h10-11H,3-9H2,1-2H3,(H2,14,17). The summed E-state index contributed by atoms with van der Waals surface area (Å²) in [5.41, 5.74) is 5.83. The van der Waals surface area contributed by atoms with Crippen molar-refractivity contribution in [1.29, 1.82) is 0 Å². The molecule has 0 radical (unpaired) electrons. The lowest BCUT2D eigenvalue weighted by Crippen LogP contribution is -2.43. The highest BCUT2D eigenvalue weighted by molar-refractivity contribution is 7.80. The van der Waals surface area contributed by atoms with Crippen LogP contribution in [0.5, 0.6) is 0 Å². The number of nitrogens with two attached hydrogens (primary N) is 1. The number of nitrogens with zero attached hydrogens (tertiary/aromatic N) is 1. The van der Waals surface area contributed by atoms with Crippen LogP contribution in [0, 0.1) is 5.92 Å². The highest BCUT2D eigenvalue weighted by atomic mass is 32.1. The first kappa shape index (κ1) is 13.2. The van der Waals surface area contributed by atoms with E-state index in [1.165, 1.54) is 25.8 Å². The van der Waals surface area contributed by atoms with Crippen molar-refractivity contribution < 1.29 is 4.74 Å². The van der Waals surface area contributed by atoms with Gasteiger partial charge >= 0.3 is 0 Å². The number of ether oxygens (including phenoxy) is 1. The Balaban J connectivity index is 1.81. The fourth-order valence-electron chi connectivity index (χ4n) is 2.95. The first-order chi connectivity index (χ1) is 7.96. The zero-order chi connectivity index (χ0) is 12.5. The van der Waals surface area contributed by atoms with Crippen LogP contribution in [0.1, 0.15) is 39.5 Å². The molecular weight excluding hydrogens is 232 g/mol. The van der Waals surface area contributed by atoms with E-state index in [0.717, 1.165) is 19.5 Å². The van der Waals surface area contributed by atoms with E-state index in [0.29, 0.717) is 17.0 Å². The maximum atomic E-state index is 6.04. The molecule has 0 aromatic carbocycles. The largest absolute Gasteiger partial charge is 0.393 e. The fraction of sp³-hybridized carbons (Fsp3) is 0.923. The topological polar surface area (TPSA) is 38.5 Å². The number of hydrogen-bond acceptors (Lipinski definition) is 3. The summed E-state index contributed by atoms with van der Waals surface area (Å²) in [5.74, 6) is 0.410. The van der Waals surface area contributed by atoms with Crippen molar-refractivity contribution in [2.75, 3.05) is 19.6 Å². The molecule has 2 aliphatic rings. The van der Waals surface area contributed by atoms with Gasteiger partial charge in [-0.1, -0.05) is 12.2 Å². The molecule has 3 nitrogen and oxygen atoms in total. The first-order valence-corrected chi connectivity index (χ1v) is 7.06. The van der Waals surface area contributed by atoms with Crippen LogP contribution in [0.25, 0.3) is 0 Å². The lowest BCUT2D eigenvalue weighted by Gasteiger charge is -2.34. The van der Waals surface area contributed by atoms with E-state index in [1.807, 2.05) is 0 Å². The summed E-state index contributed by atoms with van der Waals surface area (Å²) in [6.07, 6.45) is 5.11. The third-order valence-corrected chi connectivity index (χ3v) is 4.26. The molecule has 0 aliphatic carbocycles. The zero-order valence-corrected chi connectivity index (χ0v) is 11.8. The van der Waals surface area contributed by atoms with E-state index in [-0.39, 0.29) is 5.60 Å². The third-order valence-electron chi connectivity index (χ3n) is 3.92. The second-order valence-corrected chi connectivity index (χ2v) is 6.51. The molecule has 98 valence electrons. The van der Waals surface area contributed by atoms with Gasteiger partial charge in [-0.3, -0.25) is 0 Å². The smallest absolute Gasteiger partial charge is 0.0771 e. The van der Waals surface area contributed by atoms with Crippen LogP contribution in [0.15, 0.2) is 0 Å². The Morgan fingerprint density at radius 1 is 1.47 bits per heavy atom. The summed E-state index contributed by atoms with van der Waals surface area (Å²) in [6.45, 7) is 7.60. The normalized spacial score (nSPS) is 33.8. The van der Waals surface area contributed by atoms with Crippen molar-refractivity contribution in [3.8, 4) is 0 Å².